The first kappa shape index (κ1) is 15.4. The SMILES string of the molecule is CCCc1cccc(C(O)Cc2ccc(Cl)cc2Cl)c1. The maximum atomic E-state index is 10.4. The molecule has 1 nitrogen and oxygen atoms in total. The van der Waals surface area contributed by atoms with Gasteiger partial charge in [0, 0.05) is 16.5 Å². The third-order valence-corrected chi connectivity index (χ3v) is 3.89. The summed E-state index contributed by atoms with van der Waals surface area (Å²) in [7, 11) is 0. The van der Waals surface area contributed by atoms with Crippen LogP contribution in [-0.2, 0) is 12.8 Å². The van der Waals surface area contributed by atoms with Crippen LogP contribution >= 0.6 is 23.2 Å². The van der Waals surface area contributed by atoms with E-state index in [1.54, 1.807) is 12.1 Å². The van der Waals surface area contributed by atoms with E-state index in [-0.39, 0.29) is 0 Å². The van der Waals surface area contributed by atoms with Crippen LogP contribution < -0.4 is 0 Å². The Morgan fingerprint density at radius 1 is 1.10 bits per heavy atom. The zero-order valence-corrected chi connectivity index (χ0v) is 13.0. The van der Waals surface area contributed by atoms with E-state index in [0.717, 1.165) is 24.0 Å². The van der Waals surface area contributed by atoms with Crippen molar-refractivity contribution in [1.29, 1.82) is 0 Å². The summed E-state index contributed by atoms with van der Waals surface area (Å²) in [4.78, 5) is 0. The van der Waals surface area contributed by atoms with Crippen LogP contribution in [0.4, 0.5) is 0 Å². The van der Waals surface area contributed by atoms with Crippen molar-refractivity contribution in [3.63, 3.8) is 0 Å². The smallest absolute Gasteiger partial charge is 0.0831 e. The number of rotatable bonds is 5. The largest absolute Gasteiger partial charge is 0.388 e. The van der Waals surface area contributed by atoms with Crippen molar-refractivity contribution >= 4 is 23.2 Å². The normalized spacial score (nSPS) is 12.4. The molecule has 0 saturated carbocycles. The fraction of sp³-hybridized carbons (Fsp3) is 0.294. The van der Waals surface area contributed by atoms with E-state index in [1.165, 1.54) is 5.56 Å². The molecule has 0 fully saturated rings. The minimum absolute atomic E-state index is 0.492. The second-order valence-corrected chi connectivity index (χ2v) is 5.79. The Labute approximate surface area is 130 Å². The van der Waals surface area contributed by atoms with Gasteiger partial charge < -0.3 is 5.11 Å². The van der Waals surface area contributed by atoms with Gasteiger partial charge in [-0.3, -0.25) is 0 Å². The van der Waals surface area contributed by atoms with Gasteiger partial charge >= 0.3 is 0 Å². The lowest BCUT2D eigenvalue weighted by molar-refractivity contribution is 0.178. The predicted molar refractivity (Wildman–Crippen MR) is 85.6 cm³/mol. The first-order valence-corrected chi connectivity index (χ1v) is 7.56. The van der Waals surface area contributed by atoms with Gasteiger partial charge in [0.25, 0.3) is 0 Å². The van der Waals surface area contributed by atoms with Crippen LogP contribution in [0, 0.1) is 0 Å². The molecule has 0 radical (unpaired) electrons. The van der Waals surface area contributed by atoms with E-state index >= 15 is 0 Å². The van der Waals surface area contributed by atoms with Gasteiger partial charge in [-0.2, -0.15) is 0 Å². The summed E-state index contributed by atoms with van der Waals surface area (Å²) < 4.78 is 0. The Kier molecular flexibility index (Phi) is 5.47. The number of aliphatic hydroxyl groups excluding tert-OH is 1. The summed E-state index contributed by atoms with van der Waals surface area (Å²) in [6.07, 6.45) is 2.07. The van der Waals surface area contributed by atoms with Crippen LogP contribution in [0.15, 0.2) is 42.5 Å². The van der Waals surface area contributed by atoms with Gasteiger partial charge in [0.1, 0.15) is 0 Å². The third kappa shape index (κ3) is 3.99. The monoisotopic (exact) mass is 308 g/mol. The second-order valence-electron chi connectivity index (χ2n) is 4.95. The van der Waals surface area contributed by atoms with Crippen LogP contribution in [0.25, 0.3) is 0 Å². The molecular weight excluding hydrogens is 291 g/mol. The highest BCUT2D eigenvalue weighted by Gasteiger charge is 2.11. The zero-order valence-electron chi connectivity index (χ0n) is 11.4. The Bertz CT molecular complexity index is 581. The lowest BCUT2D eigenvalue weighted by atomic mass is 9.98. The molecule has 0 spiro atoms. The van der Waals surface area contributed by atoms with Crippen molar-refractivity contribution < 1.29 is 5.11 Å². The van der Waals surface area contributed by atoms with E-state index in [2.05, 4.69) is 19.1 Å². The summed E-state index contributed by atoms with van der Waals surface area (Å²) in [6.45, 7) is 2.15. The molecule has 0 amide bonds. The molecular formula is C17H18Cl2O. The Morgan fingerprint density at radius 3 is 2.60 bits per heavy atom. The van der Waals surface area contributed by atoms with Crippen LogP contribution in [0.3, 0.4) is 0 Å². The molecule has 0 bridgehead atoms. The average molecular weight is 309 g/mol. The molecule has 0 aliphatic heterocycles. The highest BCUT2D eigenvalue weighted by atomic mass is 35.5. The summed E-state index contributed by atoms with van der Waals surface area (Å²) >= 11 is 12.0. The molecule has 2 aromatic carbocycles. The number of hydrogen-bond acceptors (Lipinski definition) is 1. The van der Waals surface area contributed by atoms with Crippen LogP contribution in [0.5, 0.6) is 0 Å². The first-order valence-electron chi connectivity index (χ1n) is 6.81. The van der Waals surface area contributed by atoms with Crippen molar-refractivity contribution in [3.8, 4) is 0 Å². The van der Waals surface area contributed by atoms with Gasteiger partial charge in [-0.1, -0.05) is 66.9 Å². The fourth-order valence-electron chi connectivity index (χ4n) is 2.26. The summed E-state index contributed by atoms with van der Waals surface area (Å²) in [5.41, 5.74) is 3.10. The fourth-order valence-corrected chi connectivity index (χ4v) is 2.74. The molecule has 106 valence electrons. The topological polar surface area (TPSA) is 20.2 Å². The minimum Gasteiger partial charge on any atom is -0.388 e. The minimum atomic E-state index is -0.550. The number of aryl methyl sites for hydroxylation is 1. The molecule has 0 saturated heterocycles. The molecule has 2 aromatic rings. The number of hydrogen-bond donors (Lipinski definition) is 1. The molecule has 1 N–H and O–H groups in total. The van der Waals surface area contributed by atoms with Crippen LogP contribution in [-0.4, -0.2) is 5.11 Å². The molecule has 0 aliphatic carbocycles. The van der Waals surface area contributed by atoms with Crippen molar-refractivity contribution in [3.05, 3.63) is 69.2 Å². The van der Waals surface area contributed by atoms with E-state index < -0.39 is 6.10 Å². The lowest BCUT2D eigenvalue weighted by Crippen LogP contribution is -2.03. The van der Waals surface area contributed by atoms with Crippen molar-refractivity contribution in [1.82, 2.24) is 0 Å². The summed E-state index contributed by atoms with van der Waals surface area (Å²) in [6, 6.07) is 13.5. The Balaban J connectivity index is 2.15. The Hall–Kier alpha value is -1.02. The second kappa shape index (κ2) is 7.12. The maximum Gasteiger partial charge on any atom is 0.0831 e. The molecule has 1 unspecified atom stereocenters. The van der Waals surface area contributed by atoms with E-state index in [1.807, 2.05) is 18.2 Å². The predicted octanol–water partition coefficient (Wildman–Crippen LogP) is 5.22. The first-order chi connectivity index (χ1) is 9.60. The van der Waals surface area contributed by atoms with Crippen LogP contribution in [0.2, 0.25) is 10.0 Å². The number of halogens is 2. The van der Waals surface area contributed by atoms with Gasteiger partial charge in [0.05, 0.1) is 6.10 Å². The average Bonchev–Trinajstić information content (AvgIpc) is 2.42. The molecule has 1 atom stereocenters. The van der Waals surface area contributed by atoms with Crippen molar-refractivity contribution in [2.45, 2.75) is 32.3 Å². The van der Waals surface area contributed by atoms with Crippen LogP contribution in [0.1, 0.15) is 36.1 Å². The van der Waals surface area contributed by atoms with Gasteiger partial charge in [0.2, 0.25) is 0 Å². The van der Waals surface area contributed by atoms with E-state index in [0.29, 0.717) is 16.5 Å². The number of aliphatic hydroxyl groups is 1. The van der Waals surface area contributed by atoms with Gasteiger partial charge in [-0.25, -0.2) is 0 Å². The van der Waals surface area contributed by atoms with Crippen molar-refractivity contribution in [2.24, 2.45) is 0 Å². The van der Waals surface area contributed by atoms with Gasteiger partial charge in [-0.15, -0.1) is 0 Å². The van der Waals surface area contributed by atoms with E-state index in [9.17, 15) is 5.11 Å². The zero-order chi connectivity index (χ0) is 14.5. The van der Waals surface area contributed by atoms with Gasteiger partial charge in [0.15, 0.2) is 0 Å². The molecule has 0 heterocycles. The molecule has 2 rings (SSSR count). The molecule has 0 aromatic heterocycles. The number of benzene rings is 2. The highest BCUT2D eigenvalue weighted by Crippen LogP contribution is 2.26. The molecule has 20 heavy (non-hydrogen) atoms. The van der Waals surface area contributed by atoms with E-state index in [4.69, 9.17) is 23.2 Å². The quantitative estimate of drug-likeness (QED) is 0.802. The molecule has 3 heteroatoms. The summed E-state index contributed by atoms with van der Waals surface area (Å²) in [5.74, 6) is 0. The highest BCUT2D eigenvalue weighted by molar-refractivity contribution is 6.35. The maximum absolute atomic E-state index is 10.4. The third-order valence-electron chi connectivity index (χ3n) is 3.30. The van der Waals surface area contributed by atoms with Gasteiger partial charge in [-0.05, 0) is 35.2 Å². The standard InChI is InChI=1S/C17H18Cl2O/c1-2-4-12-5-3-6-14(9-12)17(20)10-13-7-8-15(18)11-16(13)19/h3,5-9,11,17,20H,2,4,10H2,1H3. The summed E-state index contributed by atoms with van der Waals surface area (Å²) in [5, 5.41) is 11.6. The molecule has 0 aliphatic rings. The van der Waals surface area contributed by atoms with Crippen molar-refractivity contribution in [2.75, 3.05) is 0 Å². The Morgan fingerprint density at radius 2 is 1.90 bits per heavy atom. The lowest BCUT2D eigenvalue weighted by Gasteiger charge is -2.13.